The van der Waals surface area contributed by atoms with E-state index >= 15 is 0 Å². The van der Waals surface area contributed by atoms with Gasteiger partial charge in [-0.05, 0) is 29.0 Å². The molecule has 2 rings (SSSR count). The molecule has 1 unspecified atom stereocenters. The van der Waals surface area contributed by atoms with Gasteiger partial charge in [0, 0.05) is 17.1 Å². The maximum absolute atomic E-state index is 9.51. The number of fused-ring (bicyclic) bond motifs is 1. The molecule has 2 nitrogen and oxygen atoms in total. The van der Waals surface area contributed by atoms with Crippen LogP contribution in [0.15, 0.2) is 40.9 Å². The van der Waals surface area contributed by atoms with Crippen molar-refractivity contribution in [3.63, 3.8) is 0 Å². The lowest BCUT2D eigenvalue weighted by atomic mass is 10.1. The highest BCUT2D eigenvalue weighted by atomic mass is 79.9. The van der Waals surface area contributed by atoms with E-state index in [9.17, 15) is 5.11 Å². The van der Waals surface area contributed by atoms with Crippen molar-refractivity contribution in [2.24, 2.45) is 0 Å². The first-order valence-electron chi connectivity index (χ1n) is 4.61. The Morgan fingerprint density at radius 2 is 1.80 bits per heavy atom. The molecule has 0 saturated carbocycles. The van der Waals surface area contributed by atoms with E-state index in [1.165, 1.54) is 7.11 Å². The third kappa shape index (κ3) is 2.20. The first-order valence-corrected chi connectivity index (χ1v) is 5.40. The van der Waals surface area contributed by atoms with Crippen LogP contribution in [0.25, 0.3) is 10.8 Å². The van der Waals surface area contributed by atoms with Crippen LogP contribution in [0.5, 0.6) is 0 Å². The third-order valence-electron chi connectivity index (χ3n) is 2.33. The van der Waals surface area contributed by atoms with E-state index in [2.05, 4.69) is 15.9 Å². The van der Waals surface area contributed by atoms with Crippen LogP contribution in [0.4, 0.5) is 0 Å². The predicted octanol–water partition coefficient (Wildman–Crippen LogP) is 3.24. The Bertz CT molecular complexity index is 482. The lowest BCUT2D eigenvalue weighted by Crippen LogP contribution is -1.98. The van der Waals surface area contributed by atoms with E-state index in [1.54, 1.807) is 0 Å². The lowest BCUT2D eigenvalue weighted by Gasteiger charge is -2.09. The van der Waals surface area contributed by atoms with Gasteiger partial charge in [0.2, 0.25) is 0 Å². The van der Waals surface area contributed by atoms with E-state index in [0.29, 0.717) is 0 Å². The number of halogens is 1. The second-order valence-electron chi connectivity index (χ2n) is 3.34. The summed E-state index contributed by atoms with van der Waals surface area (Å²) in [4.78, 5) is 0. The van der Waals surface area contributed by atoms with Crippen LogP contribution in [0.1, 0.15) is 11.9 Å². The van der Waals surface area contributed by atoms with Crippen molar-refractivity contribution in [1.29, 1.82) is 0 Å². The molecule has 3 heteroatoms. The Labute approximate surface area is 96.6 Å². The second-order valence-corrected chi connectivity index (χ2v) is 4.25. The summed E-state index contributed by atoms with van der Waals surface area (Å²) in [5, 5.41) is 11.7. The van der Waals surface area contributed by atoms with Crippen LogP contribution in [-0.2, 0) is 4.74 Å². The average molecular weight is 267 g/mol. The van der Waals surface area contributed by atoms with Crippen molar-refractivity contribution in [3.8, 4) is 0 Å². The van der Waals surface area contributed by atoms with Gasteiger partial charge in [0.1, 0.15) is 0 Å². The first kappa shape index (κ1) is 10.6. The molecular weight excluding hydrogens is 256 g/mol. The van der Waals surface area contributed by atoms with Crippen LogP contribution in [-0.4, -0.2) is 12.2 Å². The average Bonchev–Trinajstić information content (AvgIpc) is 2.27. The summed E-state index contributed by atoms with van der Waals surface area (Å²) in [6.07, 6.45) is -0.849. The van der Waals surface area contributed by atoms with E-state index in [-0.39, 0.29) is 0 Å². The minimum absolute atomic E-state index is 0.771. The number of methoxy groups -OCH3 is 1. The van der Waals surface area contributed by atoms with Crippen molar-refractivity contribution >= 4 is 26.7 Å². The van der Waals surface area contributed by atoms with E-state index in [0.717, 1.165) is 20.8 Å². The van der Waals surface area contributed by atoms with Gasteiger partial charge in [-0.3, -0.25) is 0 Å². The molecule has 0 radical (unpaired) electrons. The summed E-state index contributed by atoms with van der Waals surface area (Å²) in [5.74, 6) is 0. The summed E-state index contributed by atoms with van der Waals surface area (Å²) in [7, 11) is 1.48. The zero-order chi connectivity index (χ0) is 10.8. The molecule has 2 aromatic carbocycles. The highest BCUT2D eigenvalue weighted by molar-refractivity contribution is 9.10. The van der Waals surface area contributed by atoms with Crippen LogP contribution >= 0.6 is 15.9 Å². The van der Waals surface area contributed by atoms with Crippen LogP contribution in [0.3, 0.4) is 0 Å². The molecule has 78 valence electrons. The van der Waals surface area contributed by atoms with Gasteiger partial charge in [-0.25, -0.2) is 0 Å². The number of aliphatic hydroxyl groups excluding tert-OH is 1. The molecule has 1 atom stereocenters. The molecule has 15 heavy (non-hydrogen) atoms. The van der Waals surface area contributed by atoms with E-state index in [4.69, 9.17) is 4.74 Å². The van der Waals surface area contributed by atoms with Gasteiger partial charge in [-0.15, -0.1) is 0 Å². The van der Waals surface area contributed by atoms with Gasteiger partial charge in [-0.2, -0.15) is 0 Å². The first-order chi connectivity index (χ1) is 7.20. The molecule has 1 N–H and O–H groups in total. The Hall–Kier alpha value is -0.900. The number of hydrogen-bond donors (Lipinski definition) is 1. The Morgan fingerprint density at radius 1 is 1.13 bits per heavy atom. The smallest absolute Gasteiger partial charge is 0.180 e. The fourth-order valence-corrected chi connectivity index (χ4v) is 1.90. The molecule has 0 saturated heterocycles. The van der Waals surface area contributed by atoms with Crippen LogP contribution < -0.4 is 0 Å². The maximum atomic E-state index is 9.51. The molecule has 0 aliphatic rings. The monoisotopic (exact) mass is 266 g/mol. The van der Waals surface area contributed by atoms with Crippen LogP contribution in [0.2, 0.25) is 0 Å². The molecule has 0 aliphatic heterocycles. The molecule has 0 heterocycles. The van der Waals surface area contributed by atoms with Gasteiger partial charge in [0.05, 0.1) is 0 Å². The fraction of sp³-hybridized carbons (Fsp3) is 0.167. The third-order valence-corrected chi connectivity index (χ3v) is 2.83. The minimum Gasteiger partial charge on any atom is -0.364 e. The number of rotatable bonds is 2. The number of ether oxygens (including phenoxy) is 1. The maximum Gasteiger partial charge on any atom is 0.180 e. The van der Waals surface area contributed by atoms with Crippen molar-refractivity contribution in [2.75, 3.05) is 7.11 Å². The summed E-state index contributed by atoms with van der Waals surface area (Å²) in [6.45, 7) is 0. The molecular formula is C12H11BrO2. The van der Waals surface area contributed by atoms with Gasteiger partial charge >= 0.3 is 0 Å². The molecule has 0 aromatic heterocycles. The van der Waals surface area contributed by atoms with E-state index in [1.807, 2.05) is 36.4 Å². The predicted molar refractivity (Wildman–Crippen MR) is 63.6 cm³/mol. The van der Waals surface area contributed by atoms with Crippen molar-refractivity contribution < 1.29 is 9.84 Å². The molecule has 0 spiro atoms. The van der Waals surface area contributed by atoms with Gasteiger partial charge in [-0.1, -0.05) is 34.1 Å². The van der Waals surface area contributed by atoms with Gasteiger partial charge in [0.15, 0.2) is 6.29 Å². The van der Waals surface area contributed by atoms with Gasteiger partial charge < -0.3 is 9.84 Å². The van der Waals surface area contributed by atoms with Crippen LogP contribution in [0, 0.1) is 0 Å². The zero-order valence-corrected chi connectivity index (χ0v) is 9.86. The number of aliphatic hydroxyl groups is 1. The SMILES string of the molecule is COC(O)c1ccc2cc(Br)ccc2c1. The molecule has 2 aromatic rings. The largest absolute Gasteiger partial charge is 0.364 e. The summed E-state index contributed by atoms with van der Waals surface area (Å²) in [6, 6.07) is 11.8. The number of hydrogen-bond acceptors (Lipinski definition) is 2. The molecule has 0 amide bonds. The Kier molecular flexibility index (Phi) is 3.05. The minimum atomic E-state index is -0.849. The lowest BCUT2D eigenvalue weighted by molar-refractivity contribution is -0.0768. The quantitative estimate of drug-likeness (QED) is 0.846. The topological polar surface area (TPSA) is 29.5 Å². The normalized spacial score (nSPS) is 13.0. The highest BCUT2D eigenvalue weighted by Gasteiger charge is 2.05. The van der Waals surface area contributed by atoms with Gasteiger partial charge in [0.25, 0.3) is 0 Å². The standard InChI is InChI=1S/C12H11BrO2/c1-15-12(14)10-3-2-9-7-11(13)5-4-8(9)6-10/h2-7,12,14H,1H3. The Balaban J connectivity index is 2.52. The Morgan fingerprint density at radius 3 is 2.53 bits per heavy atom. The van der Waals surface area contributed by atoms with Crippen molar-refractivity contribution in [3.05, 3.63) is 46.4 Å². The molecule has 0 fully saturated rings. The zero-order valence-electron chi connectivity index (χ0n) is 8.27. The summed E-state index contributed by atoms with van der Waals surface area (Å²) < 4.78 is 5.91. The molecule has 0 aliphatic carbocycles. The fourth-order valence-electron chi connectivity index (χ4n) is 1.52. The summed E-state index contributed by atoms with van der Waals surface area (Å²) in [5.41, 5.74) is 0.771. The number of benzene rings is 2. The van der Waals surface area contributed by atoms with Crippen molar-refractivity contribution in [2.45, 2.75) is 6.29 Å². The van der Waals surface area contributed by atoms with Crippen molar-refractivity contribution in [1.82, 2.24) is 0 Å². The summed E-state index contributed by atoms with van der Waals surface area (Å²) >= 11 is 3.42. The highest BCUT2D eigenvalue weighted by Crippen LogP contribution is 2.23. The second kappa shape index (κ2) is 4.31. The van der Waals surface area contributed by atoms with E-state index < -0.39 is 6.29 Å². The molecule has 0 bridgehead atoms.